The minimum atomic E-state index is 0.0974. The van der Waals surface area contributed by atoms with Crippen LogP contribution in [0.5, 0.6) is 0 Å². The molecule has 0 saturated carbocycles. The monoisotopic (exact) mass is 216 g/mol. The molecule has 1 aliphatic heterocycles. The van der Waals surface area contributed by atoms with Gasteiger partial charge in [-0.15, -0.1) is 0 Å². The summed E-state index contributed by atoms with van der Waals surface area (Å²) in [6.07, 6.45) is 1.09. The smallest absolute Gasteiger partial charge is 0.0860 e. The maximum absolute atomic E-state index is 4.72. The molecular formula is C14H20N2. The second kappa shape index (κ2) is 3.93. The quantitative estimate of drug-likeness (QED) is 0.753. The first kappa shape index (κ1) is 11.2. The van der Waals surface area contributed by atoms with Crippen LogP contribution in [0.15, 0.2) is 29.3 Å². The van der Waals surface area contributed by atoms with E-state index < -0.39 is 0 Å². The third-order valence-corrected chi connectivity index (χ3v) is 3.94. The summed E-state index contributed by atoms with van der Waals surface area (Å²) in [4.78, 5) is 4.72. The number of nitrogens with zero attached hydrogens (tertiary/aromatic N) is 1. The first-order chi connectivity index (χ1) is 7.57. The second-order valence-electron chi connectivity index (χ2n) is 4.89. The molecule has 0 aliphatic carbocycles. The highest BCUT2D eigenvalue weighted by molar-refractivity contribution is 5.91. The van der Waals surface area contributed by atoms with E-state index in [-0.39, 0.29) is 5.54 Å². The molecule has 86 valence electrons. The molecule has 1 aromatic rings. The van der Waals surface area contributed by atoms with Crippen LogP contribution in [0.3, 0.4) is 0 Å². The first-order valence-electron chi connectivity index (χ1n) is 5.99. The number of hydrogen-bond acceptors (Lipinski definition) is 2. The second-order valence-corrected chi connectivity index (χ2v) is 4.89. The molecule has 0 amide bonds. The average molecular weight is 216 g/mol. The molecule has 2 atom stereocenters. The molecule has 0 saturated heterocycles. The highest BCUT2D eigenvalue weighted by atomic mass is 15.0. The summed E-state index contributed by atoms with van der Waals surface area (Å²) in [7, 11) is 0. The van der Waals surface area contributed by atoms with Crippen molar-refractivity contribution in [3.05, 3.63) is 24.3 Å². The third-order valence-electron chi connectivity index (χ3n) is 3.94. The van der Waals surface area contributed by atoms with Gasteiger partial charge in [0.1, 0.15) is 0 Å². The number of fused-ring (bicyclic) bond motifs is 1. The molecule has 2 unspecified atom stereocenters. The summed E-state index contributed by atoms with van der Waals surface area (Å²) in [6, 6.07) is 8.28. The average Bonchev–Trinajstić information content (AvgIpc) is 2.38. The number of para-hydroxylation sites is 2. The van der Waals surface area contributed by atoms with Gasteiger partial charge in [-0.05, 0) is 32.4 Å². The van der Waals surface area contributed by atoms with Crippen LogP contribution in [0.1, 0.15) is 34.1 Å². The Bertz CT molecular complexity index is 422. The van der Waals surface area contributed by atoms with E-state index in [2.05, 4.69) is 51.2 Å². The SMILES string of the molecule is CCC1(C)Nc2ccccc2N=C(C)C1C. The zero-order valence-electron chi connectivity index (χ0n) is 10.5. The largest absolute Gasteiger partial charge is 0.378 e. The molecule has 0 spiro atoms. The number of hydrogen-bond donors (Lipinski definition) is 1. The minimum absolute atomic E-state index is 0.0974. The topological polar surface area (TPSA) is 24.4 Å². The predicted molar refractivity (Wildman–Crippen MR) is 70.7 cm³/mol. The van der Waals surface area contributed by atoms with Crippen molar-refractivity contribution >= 4 is 17.1 Å². The van der Waals surface area contributed by atoms with Crippen molar-refractivity contribution in [1.29, 1.82) is 0 Å². The Labute approximate surface area is 97.8 Å². The molecule has 16 heavy (non-hydrogen) atoms. The molecule has 0 bridgehead atoms. The number of benzene rings is 1. The zero-order valence-corrected chi connectivity index (χ0v) is 10.5. The fourth-order valence-electron chi connectivity index (χ4n) is 2.24. The van der Waals surface area contributed by atoms with Crippen molar-refractivity contribution in [2.75, 3.05) is 5.32 Å². The lowest BCUT2D eigenvalue weighted by Crippen LogP contribution is -2.43. The van der Waals surface area contributed by atoms with Crippen molar-refractivity contribution in [2.45, 2.75) is 39.7 Å². The molecule has 2 nitrogen and oxygen atoms in total. The van der Waals surface area contributed by atoms with Gasteiger partial charge in [0, 0.05) is 17.2 Å². The Morgan fingerprint density at radius 2 is 2.06 bits per heavy atom. The minimum Gasteiger partial charge on any atom is -0.378 e. The van der Waals surface area contributed by atoms with Crippen LogP contribution in [0.25, 0.3) is 0 Å². The van der Waals surface area contributed by atoms with Gasteiger partial charge in [-0.1, -0.05) is 26.0 Å². The summed E-state index contributed by atoms with van der Waals surface area (Å²) in [6.45, 7) is 8.88. The Balaban J connectivity index is 2.52. The first-order valence-corrected chi connectivity index (χ1v) is 5.99. The van der Waals surface area contributed by atoms with Crippen molar-refractivity contribution < 1.29 is 0 Å². The summed E-state index contributed by atoms with van der Waals surface area (Å²) >= 11 is 0. The number of nitrogens with one attached hydrogen (secondary N) is 1. The van der Waals surface area contributed by atoms with E-state index in [1.165, 1.54) is 5.71 Å². The van der Waals surface area contributed by atoms with E-state index in [1.807, 2.05) is 6.07 Å². The fraction of sp³-hybridized carbons (Fsp3) is 0.500. The van der Waals surface area contributed by atoms with Crippen LogP contribution in [-0.2, 0) is 0 Å². The molecule has 1 aliphatic rings. The molecule has 1 aromatic carbocycles. The lowest BCUT2D eigenvalue weighted by molar-refractivity contribution is 0.415. The van der Waals surface area contributed by atoms with Gasteiger partial charge in [-0.2, -0.15) is 0 Å². The molecule has 2 rings (SSSR count). The predicted octanol–water partition coefficient (Wildman–Crippen LogP) is 4.01. The van der Waals surface area contributed by atoms with E-state index in [9.17, 15) is 0 Å². The molecule has 1 heterocycles. The highest BCUT2D eigenvalue weighted by Crippen LogP contribution is 2.36. The summed E-state index contributed by atoms with van der Waals surface area (Å²) in [5.41, 5.74) is 3.52. The van der Waals surface area contributed by atoms with Gasteiger partial charge >= 0.3 is 0 Å². The lowest BCUT2D eigenvalue weighted by Gasteiger charge is -2.35. The van der Waals surface area contributed by atoms with Gasteiger partial charge in [-0.3, -0.25) is 4.99 Å². The zero-order chi connectivity index (χ0) is 11.8. The Kier molecular flexibility index (Phi) is 2.75. The van der Waals surface area contributed by atoms with Crippen molar-refractivity contribution in [3.8, 4) is 0 Å². The summed E-state index contributed by atoms with van der Waals surface area (Å²) in [5.74, 6) is 0.449. The number of rotatable bonds is 1. The van der Waals surface area contributed by atoms with E-state index >= 15 is 0 Å². The van der Waals surface area contributed by atoms with Crippen molar-refractivity contribution in [1.82, 2.24) is 0 Å². The third kappa shape index (κ3) is 1.73. The maximum atomic E-state index is 4.72. The molecular weight excluding hydrogens is 196 g/mol. The van der Waals surface area contributed by atoms with Crippen LogP contribution in [-0.4, -0.2) is 11.3 Å². The Morgan fingerprint density at radius 3 is 2.75 bits per heavy atom. The van der Waals surface area contributed by atoms with Crippen molar-refractivity contribution in [2.24, 2.45) is 10.9 Å². The van der Waals surface area contributed by atoms with Crippen LogP contribution >= 0.6 is 0 Å². The van der Waals surface area contributed by atoms with Gasteiger partial charge in [0.2, 0.25) is 0 Å². The Hall–Kier alpha value is -1.31. The summed E-state index contributed by atoms with van der Waals surface area (Å²) in [5, 5.41) is 3.65. The van der Waals surface area contributed by atoms with Gasteiger partial charge in [0.25, 0.3) is 0 Å². The van der Waals surface area contributed by atoms with E-state index in [0.29, 0.717) is 5.92 Å². The standard InChI is InChI=1S/C14H20N2/c1-5-14(4)10(2)11(3)15-12-8-6-7-9-13(12)16-14/h6-10,16H,5H2,1-4H3. The molecule has 2 heteroatoms. The normalized spacial score (nSPS) is 28.8. The van der Waals surface area contributed by atoms with Crippen molar-refractivity contribution in [3.63, 3.8) is 0 Å². The molecule has 1 N–H and O–H groups in total. The van der Waals surface area contributed by atoms with E-state index in [4.69, 9.17) is 4.99 Å². The van der Waals surface area contributed by atoms with Gasteiger partial charge < -0.3 is 5.32 Å². The van der Waals surface area contributed by atoms with Gasteiger partial charge in [0.15, 0.2) is 0 Å². The van der Waals surface area contributed by atoms with Crippen LogP contribution in [0.2, 0.25) is 0 Å². The lowest BCUT2D eigenvalue weighted by atomic mass is 9.82. The highest BCUT2D eigenvalue weighted by Gasteiger charge is 2.33. The number of aliphatic imine (C=N–C) groups is 1. The van der Waals surface area contributed by atoms with Crippen LogP contribution in [0.4, 0.5) is 11.4 Å². The van der Waals surface area contributed by atoms with E-state index in [0.717, 1.165) is 17.8 Å². The van der Waals surface area contributed by atoms with E-state index in [1.54, 1.807) is 0 Å². The Morgan fingerprint density at radius 1 is 1.38 bits per heavy atom. The van der Waals surface area contributed by atoms with Gasteiger partial charge in [-0.25, -0.2) is 0 Å². The molecule has 0 radical (unpaired) electrons. The number of anilines is 1. The molecule has 0 fully saturated rings. The van der Waals surface area contributed by atoms with Crippen LogP contribution < -0.4 is 5.32 Å². The molecule has 0 aromatic heterocycles. The van der Waals surface area contributed by atoms with Gasteiger partial charge in [0.05, 0.1) is 11.4 Å². The maximum Gasteiger partial charge on any atom is 0.0860 e. The fourth-order valence-corrected chi connectivity index (χ4v) is 2.24. The summed E-state index contributed by atoms with van der Waals surface area (Å²) < 4.78 is 0. The van der Waals surface area contributed by atoms with Crippen LogP contribution in [0, 0.1) is 5.92 Å².